The number of ether oxygens (including phenoxy) is 1. The summed E-state index contributed by atoms with van der Waals surface area (Å²) in [5.41, 5.74) is 7.40. The first-order chi connectivity index (χ1) is 9.11. The Morgan fingerprint density at radius 2 is 2.00 bits per heavy atom. The lowest BCUT2D eigenvalue weighted by Gasteiger charge is -2.10. The van der Waals surface area contributed by atoms with E-state index in [0.717, 1.165) is 9.26 Å². The molecule has 0 bridgehead atoms. The number of carbonyl (C=O) groups excluding carboxylic acids is 1. The SMILES string of the molecule is COc1ccc(N)c(C(=O)Nc2ccccc2I)c1. The second-order valence-electron chi connectivity index (χ2n) is 3.89. The number of amides is 1. The Morgan fingerprint density at radius 3 is 2.68 bits per heavy atom. The van der Waals surface area contributed by atoms with Crippen LogP contribution >= 0.6 is 22.6 Å². The summed E-state index contributed by atoms with van der Waals surface area (Å²) in [5, 5.41) is 2.84. The number of carbonyl (C=O) groups is 1. The van der Waals surface area contributed by atoms with Crippen molar-refractivity contribution < 1.29 is 9.53 Å². The first-order valence-electron chi connectivity index (χ1n) is 5.61. The summed E-state index contributed by atoms with van der Waals surface area (Å²) in [7, 11) is 1.55. The molecule has 0 fully saturated rings. The van der Waals surface area contributed by atoms with Crippen molar-refractivity contribution >= 4 is 39.9 Å². The summed E-state index contributed by atoms with van der Waals surface area (Å²) in [6, 6.07) is 12.5. The topological polar surface area (TPSA) is 64.3 Å². The third-order valence-corrected chi connectivity index (χ3v) is 3.57. The van der Waals surface area contributed by atoms with Gasteiger partial charge in [0.1, 0.15) is 5.75 Å². The van der Waals surface area contributed by atoms with E-state index in [1.165, 1.54) is 0 Å². The van der Waals surface area contributed by atoms with Gasteiger partial charge in [-0.05, 0) is 52.9 Å². The van der Waals surface area contributed by atoms with Crippen molar-refractivity contribution in [3.63, 3.8) is 0 Å². The van der Waals surface area contributed by atoms with Crippen LogP contribution in [0.1, 0.15) is 10.4 Å². The van der Waals surface area contributed by atoms with Crippen LogP contribution < -0.4 is 15.8 Å². The number of halogens is 1. The molecule has 0 atom stereocenters. The van der Waals surface area contributed by atoms with Gasteiger partial charge in [-0.25, -0.2) is 0 Å². The largest absolute Gasteiger partial charge is 0.497 e. The molecule has 4 nitrogen and oxygen atoms in total. The molecule has 5 heteroatoms. The lowest BCUT2D eigenvalue weighted by Crippen LogP contribution is -2.14. The minimum absolute atomic E-state index is 0.250. The third-order valence-electron chi connectivity index (χ3n) is 2.63. The zero-order chi connectivity index (χ0) is 13.8. The summed E-state index contributed by atoms with van der Waals surface area (Å²) in [5.74, 6) is 0.350. The van der Waals surface area contributed by atoms with E-state index in [1.54, 1.807) is 25.3 Å². The van der Waals surface area contributed by atoms with Crippen molar-refractivity contribution in [2.75, 3.05) is 18.2 Å². The van der Waals surface area contributed by atoms with Crippen LogP contribution in [-0.2, 0) is 0 Å². The van der Waals surface area contributed by atoms with Crippen LogP contribution in [0.15, 0.2) is 42.5 Å². The smallest absolute Gasteiger partial charge is 0.257 e. The molecule has 0 aromatic heterocycles. The molecule has 3 N–H and O–H groups in total. The van der Waals surface area contributed by atoms with Crippen molar-refractivity contribution in [1.29, 1.82) is 0 Å². The second-order valence-corrected chi connectivity index (χ2v) is 5.05. The lowest BCUT2D eigenvalue weighted by atomic mass is 10.1. The number of nitrogens with two attached hydrogens (primary N) is 1. The Labute approximate surface area is 125 Å². The van der Waals surface area contributed by atoms with Gasteiger partial charge in [0.15, 0.2) is 0 Å². The molecule has 19 heavy (non-hydrogen) atoms. The van der Waals surface area contributed by atoms with Gasteiger partial charge in [0.25, 0.3) is 5.91 Å². The summed E-state index contributed by atoms with van der Waals surface area (Å²) in [6.07, 6.45) is 0. The molecule has 0 heterocycles. The van der Waals surface area contributed by atoms with E-state index < -0.39 is 0 Å². The summed E-state index contributed by atoms with van der Waals surface area (Å²) < 4.78 is 6.06. The average Bonchev–Trinajstić information content (AvgIpc) is 2.42. The maximum absolute atomic E-state index is 12.2. The molecule has 0 aliphatic heterocycles. The molecule has 0 spiro atoms. The monoisotopic (exact) mass is 368 g/mol. The van der Waals surface area contributed by atoms with Gasteiger partial charge in [0, 0.05) is 9.26 Å². The predicted octanol–water partition coefficient (Wildman–Crippen LogP) is 3.13. The van der Waals surface area contributed by atoms with E-state index in [2.05, 4.69) is 27.9 Å². The van der Waals surface area contributed by atoms with Crippen LogP contribution in [0.25, 0.3) is 0 Å². The highest BCUT2D eigenvalue weighted by atomic mass is 127. The van der Waals surface area contributed by atoms with E-state index in [-0.39, 0.29) is 5.91 Å². The molecule has 0 saturated heterocycles. The molecule has 0 saturated carbocycles. The Bertz CT molecular complexity index is 614. The van der Waals surface area contributed by atoms with E-state index >= 15 is 0 Å². The van der Waals surface area contributed by atoms with E-state index in [4.69, 9.17) is 10.5 Å². The fraction of sp³-hybridized carbons (Fsp3) is 0.0714. The molecule has 98 valence electrons. The van der Waals surface area contributed by atoms with E-state index in [0.29, 0.717) is 17.0 Å². The fourth-order valence-corrected chi connectivity index (χ4v) is 2.13. The second kappa shape index (κ2) is 5.92. The van der Waals surface area contributed by atoms with Gasteiger partial charge in [0.2, 0.25) is 0 Å². The van der Waals surface area contributed by atoms with E-state index in [1.807, 2.05) is 24.3 Å². The highest BCUT2D eigenvalue weighted by molar-refractivity contribution is 14.1. The maximum Gasteiger partial charge on any atom is 0.257 e. The van der Waals surface area contributed by atoms with Crippen molar-refractivity contribution in [3.05, 3.63) is 51.6 Å². The van der Waals surface area contributed by atoms with Crippen LogP contribution in [-0.4, -0.2) is 13.0 Å². The van der Waals surface area contributed by atoms with Crippen LogP contribution in [0.2, 0.25) is 0 Å². The van der Waals surface area contributed by atoms with Crippen molar-refractivity contribution in [1.82, 2.24) is 0 Å². The molecule has 2 rings (SSSR count). The van der Waals surface area contributed by atoms with Gasteiger partial charge in [0.05, 0.1) is 18.4 Å². The normalized spacial score (nSPS) is 10.0. The van der Waals surface area contributed by atoms with Crippen LogP contribution in [0.3, 0.4) is 0 Å². The van der Waals surface area contributed by atoms with E-state index in [9.17, 15) is 4.79 Å². The molecule has 1 amide bonds. The predicted molar refractivity (Wildman–Crippen MR) is 84.5 cm³/mol. The van der Waals surface area contributed by atoms with Gasteiger partial charge >= 0.3 is 0 Å². The zero-order valence-corrected chi connectivity index (χ0v) is 12.5. The number of nitrogen functional groups attached to an aromatic ring is 1. The molecule has 2 aromatic rings. The van der Waals surface area contributed by atoms with Crippen molar-refractivity contribution in [2.45, 2.75) is 0 Å². The van der Waals surface area contributed by atoms with Crippen LogP contribution in [0.5, 0.6) is 5.75 Å². The minimum Gasteiger partial charge on any atom is -0.497 e. The Hall–Kier alpha value is -1.76. The Morgan fingerprint density at radius 1 is 1.26 bits per heavy atom. The van der Waals surface area contributed by atoms with Gasteiger partial charge in [-0.2, -0.15) is 0 Å². The number of methoxy groups -OCH3 is 1. The highest BCUT2D eigenvalue weighted by Crippen LogP contribution is 2.22. The molecule has 0 radical (unpaired) electrons. The minimum atomic E-state index is -0.250. The zero-order valence-electron chi connectivity index (χ0n) is 10.3. The van der Waals surface area contributed by atoms with Gasteiger partial charge in [-0.1, -0.05) is 12.1 Å². The molecule has 0 aliphatic carbocycles. The summed E-state index contributed by atoms with van der Waals surface area (Å²) >= 11 is 2.17. The fourth-order valence-electron chi connectivity index (χ4n) is 1.61. The molecular weight excluding hydrogens is 355 g/mol. The number of hydrogen-bond acceptors (Lipinski definition) is 3. The molecule has 2 aromatic carbocycles. The lowest BCUT2D eigenvalue weighted by molar-refractivity contribution is 0.102. The number of anilines is 2. The standard InChI is InChI=1S/C14H13IN2O2/c1-19-9-6-7-12(16)10(8-9)14(18)17-13-5-3-2-4-11(13)15/h2-8H,16H2,1H3,(H,17,18). The van der Waals surface area contributed by atoms with Crippen LogP contribution in [0.4, 0.5) is 11.4 Å². The van der Waals surface area contributed by atoms with Gasteiger partial charge in [-0.3, -0.25) is 4.79 Å². The highest BCUT2D eigenvalue weighted by Gasteiger charge is 2.12. The number of rotatable bonds is 3. The van der Waals surface area contributed by atoms with Crippen LogP contribution in [0, 0.1) is 3.57 Å². The third kappa shape index (κ3) is 3.17. The Kier molecular flexibility index (Phi) is 4.26. The summed E-state index contributed by atoms with van der Waals surface area (Å²) in [4.78, 5) is 12.2. The molecular formula is C14H13IN2O2. The van der Waals surface area contributed by atoms with Crippen molar-refractivity contribution in [2.24, 2.45) is 0 Å². The number of hydrogen-bond donors (Lipinski definition) is 2. The molecule has 0 aliphatic rings. The summed E-state index contributed by atoms with van der Waals surface area (Å²) in [6.45, 7) is 0. The quantitative estimate of drug-likeness (QED) is 0.646. The van der Waals surface area contributed by atoms with Gasteiger partial charge < -0.3 is 15.8 Å². The number of para-hydroxylation sites is 1. The Balaban J connectivity index is 2.28. The first kappa shape index (κ1) is 13.7. The average molecular weight is 368 g/mol. The van der Waals surface area contributed by atoms with Crippen molar-refractivity contribution in [3.8, 4) is 5.75 Å². The van der Waals surface area contributed by atoms with Gasteiger partial charge in [-0.15, -0.1) is 0 Å². The number of nitrogens with one attached hydrogen (secondary N) is 1. The maximum atomic E-state index is 12.2. The molecule has 0 unspecified atom stereocenters. The first-order valence-corrected chi connectivity index (χ1v) is 6.69. The number of benzene rings is 2.